The molecule has 1 N–H and O–H groups in total. The predicted molar refractivity (Wildman–Crippen MR) is 58.1 cm³/mol. The van der Waals surface area contributed by atoms with Crippen LogP contribution in [0, 0.1) is 5.92 Å². The second-order valence-electron chi connectivity index (χ2n) is 3.99. The molecule has 2 atom stereocenters. The number of aliphatic hydroxyl groups is 1. The van der Waals surface area contributed by atoms with Crippen LogP contribution in [0.5, 0.6) is 0 Å². The maximum atomic E-state index is 9.20. The summed E-state index contributed by atoms with van der Waals surface area (Å²) in [6, 6.07) is 10.5. The van der Waals surface area contributed by atoms with Crippen molar-refractivity contribution in [3.63, 3.8) is 0 Å². The summed E-state index contributed by atoms with van der Waals surface area (Å²) in [4.78, 5) is 0. The molecule has 0 aliphatic heterocycles. The highest BCUT2D eigenvalue weighted by molar-refractivity contribution is 5.39. The first-order chi connectivity index (χ1) is 6.83. The summed E-state index contributed by atoms with van der Waals surface area (Å²) < 4.78 is 0. The fourth-order valence-electron chi connectivity index (χ4n) is 2.28. The Morgan fingerprint density at radius 1 is 1.43 bits per heavy atom. The first-order valence-corrected chi connectivity index (χ1v) is 5.13. The molecule has 14 heavy (non-hydrogen) atoms. The van der Waals surface area contributed by atoms with Crippen molar-refractivity contribution in [3.8, 4) is 0 Å². The van der Waals surface area contributed by atoms with E-state index in [4.69, 9.17) is 0 Å². The van der Waals surface area contributed by atoms with Gasteiger partial charge in [-0.3, -0.25) is 0 Å². The average molecular weight is 188 g/mol. The van der Waals surface area contributed by atoms with Crippen molar-refractivity contribution in [2.45, 2.75) is 18.8 Å². The largest absolute Gasteiger partial charge is 0.396 e. The lowest BCUT2D eigenvalue weighted by Gasteiger charge is -2.12. The van der Waals surface area contributed by atoms with E-state index in [-0.39, 0.29) is 5.41 Å². The molecule has 1 fully saturated rings. The van der Waals surface area contributed by atoms with Gasteiger partial charge in [0, 0.05) is 12.0 Å². The van der Waals surface area contributed by atoms with Crippen LogP contribution in [0.25, 0.3) is 0 Å². The zero-order valence-electron chi connectivity index (χ0n) is 8.48. The van der Waals surface area contributed by atoms with Crippen LogP contribution in [0.2, 0.25) is 0 Å². The summed E-state index contributed by atoms with van der Waals surface area (Å²) in [5.41, 5.74) is 1.46. The van der Waals surface area contributed by atoms with Crippen molar-refractivity contribution in [2.75, 3.05) is 6.61 Å². The fourth-order valence-corrected chi connectivity index (χ4v) is 2.28. The van der Waals surface area contributed by atoms with Crippen molar-refractivity contribution < 1.29 is 5.11 Å². The molecule has 1 aliphatic rings. The zero-order valence-corrected chi connectivity index (χ0v) is 8.48. The van der Waals surface area contributed by atoms with E-state index < -0.39 is 0 Å². The Balaban J connectivity index is 2.31. The molecule has 0 aromatic heterocycles. The van der Waals surface area contributed by atoms with E-state index in [9.17, 15) is 5.11 Å². The quantitative estimate of drug-likeness (QED) is 0.723. The molecule has 1 nitrogen and oxygen atoms in total. The third kappa shape index (κ3) is 1.38. The number of rotatable bonds is 3. The van der Waals surface area contributed by atoms with E-state index in [1.165, 1.54) is 5.56 Å². The number of aliphatic hydroxyl groups excluding tert-OH is 1. The van der Waals surface area contributed by atoms with Crippen LogP contribution in [-0.4, -0.2) is 11.7 Å². The van der Waals surface area contributed by atoms with Gasteiger partial charge in [0.05, 0.1) is 0 Å². The van der Waals surface area contributed by atoms with Gasteiger partial charge in [-0.1, -0.05) is 42.5 Å². The molecule has 0 radical (unpaired) electrons. The van der Waals surface area contributed by atoms with Crippen molar-refractivity contribution in [3.05, 3.63) is 48.0 Å². The Morgan fingerprint density at radius 2 is 2.14 bits per heavy atom. The van der Waals surface area contributed by atoms with Gasteiger partial charge in [0.15, 0.2) is 0 Å². The Bertz CT molecular complexity index is 328. The summed E-state index contributed by atoms with van der Waals surface area (Å²) >= 11 is 0. The normalized spacial score (nSPS) is 30.9. The van der Waals surface area contributed by atoms with Gasteiger partial charge in [-0.25, -0.2) is 0 Å². The van der Waals surface area contributed by atoms with Crippen LogP contribution in [0.4, 0.5) is 0 Å². The van der Waals surface area contributed by atoms with Gasteiger partial charge in [-0.15, -0.1) is 0 Å². The van der Waals surface area contributed by atoms with Gasteiger partial charge >= 0.3 is 0 Å². The minimum atomic E-state index is 0.130. The molecular weight excluding hydrogens is 172 g/mol. The Kier molecular flexibility index (Phi) is 2.42. The fraction of sp³-hybridized carbons (Fsp3) is 0.385. The minimum Gasteiger partial charge on any atom is -0.396 e. The van der Waals surface area contributed by atoms with E-state index in [0.717, 1.165) is 6.42 Å². The molecule has 0 unspecified atom stereocenters. The summed E-state index contributed by atoms with van der Waals surface area (Å²) in [7, 11) is 0. The molecule has 1 heteroatoms. The van der Waals surface area contributed by atoms with Gasteiger partial charge in [0.2, 0.25) is 0 Å². The highest BCUT2D eigenvalue weighted by atomic mass is 16.3. The average Bonchev–Trinajstić information content (AvgIpc) is 2.95. The van der Waals surface area contributed by atoms with Crippen LogP contribution < -0.4 is 0 Å². The van der Waals surface area contributed by atoms with Crippen LogP contribution in [0.3, 0.4) is 0 Å². The second kappa shape index (κ2) is 3.58. The van der Waals surface area contributed by atoms with Crippen LogP contribution in [0.15, 0.2) is 42.5 Å². The van der Waals surface area contributed by atoms with Gasteiger partial charge in [-0.05, 0) is 24.8 Å². The van der Waals surface area contributed by atoms with Crippen LogP contribution in [-0.2, 0) is 5.41 Å². The van der Waals surface area contributed by atoms with E-state index in [1.54, 1.807) is 0 Å². The zero-order chi connectivity index (χ0) is 10.0. The van der Waals surface area contributed by atoms with E-state index >= 15 is 0 Å². The second-order valence-corrected chi connectivity index (χ2v) is 3.99. The summed E-state index contributed by atoms with van der Waals surface area (Å²) in [5.74, 6) is 0.418. The van der Waals surface area contributed by atoms with Crippen molar-refractivity contribution in [2.24, 2.45) is 5.92 Å². The van der Waals surface area contributed by atoms with Gasteiger partial charge in [0.25, 0.3) is 0 Å². The number of benzene rings is 1. The van der Waals surface area contributed by atoms with E-state index in [2.05, 4.69) is 36.4 Å². The number of hydrogen-bond acceptors (Lipinski definition) is 1. The predicted octanol–water partition coefficient (Wildman–Crippen LogP) is 2.51. The first-order valence-electron chi connectivity index (χ1n) is 5.13. The smallest absolute Gasteiger partial charge is 0.0471 e. The molecular formula is C13H16O. The van der Waals surface area contributed by atoms with Gasteiger partial charge < -0.3 is 5.11 Å². The Hall–Kier alpha value is -1.08. The molecule has 0 heterocycles. The van der Waals surface area contributed by atoms with Crippen molar-refractivity contribution in [1.29, 1.82) is 0 Å². The molecule has 1 aromatic rings. The van der Waals surface area contributed by atoms with Gasteiger partial charge in [0.1, 0.15) is 0 Å². The summed E-state index contributed by atoms with van der Waals surface area (Å²) in [6.45, 7) is 2.33. The molecule has 74 valence electrons. The highest BCUT2D eigenvalue weighted by Gasteiger charge is 2.52. The maximum Gasteiger partial charge on any atom is 0.0471 e. The molecule has 2 rings (SSSR count). The molecule has 0 bridgehead atoms. The maximum absolute atomic E-state index is 9.20. The lowest BCUT2D eigenvalue weighted by molar-refractivity contribution is 0.268. The molecule has 0 saturated heterocycles. The lowest BCUT2D eigenvalue weighted by Crippen LogP contribution is -2.08. The summed E-state index contributed by atoms with van der Waals surface area (Å²) in [5, 5.41) is 9.20. The molecule has 0 amide bonds. The molecule has 1 aliphatic carbocycles. The van der Waals surface area contributed by atoms with E-state index in [1.807, 2.05) is 13.0 Å². The van der Waals surface area contributed by atoms with Crippen LogP contribution >= 0.6 is 0 Å². The Labute approximate surface area is 85.1 Å². The topological polar surface area (TPSA) is 20.2 Å². The highest BCUT2D eigenvalue weighted by Crippen LogP contribution is 2.55. The standard InChI is InChI=1S/C13H16O/c1-2-8-13(9-12(13)10-14)11-6-4-3-5-7-11/h2-8,12,14H,9-10H2,1H3/t12-,13-/m0/s1. The van der Waals surface area contributed by atoms with E-state index in [0.29, 0.717) is 12.5 Å². The number of allylic oxidation sites excluding steroid dienone is 2. The van der Waals surface area contributed by atoms with Crippen LogP contribution in [0.1, 0.15) is 18.9 Å². The van der Waals surface area contributed by atoms with Gasteiger partial charge in [-0.2, -0.15) is 0 Å². The lowest BCUT2D eigenvalue weighted by atomic mass is 9.93. The molecule has 0 spiro atoms. The van der Waals surface area contributed by atoms with Crippen molar-refractivity contribution >= 4 is 0 Å². The SMILES string of the molecule is CC=C[C@@]1(c2ccccc2)C[C@H]1CO. The minimum absolute atomic E-state index is 0.130. The number of hydrogen-bond donors (Lipinski definition) is 1. The monoisotopic (exact) mass is 188 g/mol. The summed E-state index contributed by atoms with van der Waals surface area (Å²) in [6.07, 6.45) is 5.39. The Morgan fingerprint density at radius 3 is 2.64 bits per heavy atom. The third-order valence-electron chi connectivity index (χ3n) is 3.15. The molecule has 1 saturated carbocycles. The first kappa shape index (κ1) is 9.47. The molecule has 1 aromatic carbocycles. The van der Waals surface area contributed by atoms with Crippen molar-refractivity contribution in [1.82, 2.24) is 0 Å². The third-order valence-corrected chi connectivity index (χ3v) is 3.15.